The molecule has 2 amide bonds. The number of methoxy groups -OCH3 is 1. The molecule has 1 aliphatic rings. The molecule has 6 nitrogen and oxygen atoms in total. The van der Waals surface area contributed by atoms with Gasteiger partial charge in [0.15, 0.2) is 0 Å². The first kappa shape index (κ1) is 19.5. The van der Waals surface area contributed by atoms with Crippen LogP contribution in [0.15, 0.2) is 18.2 Å². The Morgan fingerprint density at radius 1 is 1.40 bits per heavy atom. The van der Waals surface area contributed by atoms with Gasteiger partial charge >= 0.3 is 6.03 Å². The fraction of sp³-hybridized carbons (Fsp3) is 0.632. The van der Waals surface area contributed by atoms with Crippen molar-refractivity contribution in [2.45, 2.75) is 33.2 Å². The second kappa shape index (κ2) is 9.06. The normalized spacial score (nSPS) is 18.5. The van der Waals surface area contributed by atoms with E-state index in [4.69, 9.17) is 4.74 Å². The lowest BCUT2D eigenvalue weighted by atomic mass is 10.1. The molecular weight excluding hydrogens is 318 g/mol. The second-order valence-electron chi connectivity index (χ2n) is 7.11. The Labute approximate surface area is 150 Å². The van der Waals surface area contributed by atoms with Gasteiger partial charge in [0.2, 0.25) is 0 Å². The van der Waals surface area contributed by atoms with Crippen LogP contribution in [0.4, 0.5) is 10.5 Å². The number of ether oxygens (including phenoxy) is 1. The predicted molar refractivity (Wildman–Crippen MR) is 100 cm³/mol. The van der Waals surface area contributed by atoms with Gasteiger partial charge in [0.25, 0.3) is 0 Å². The monoisotopic (exact) mass is 349 g/mol. The number of carbonyl (C=O) groups is 1. The van der Waals surface area contributed by atoms with Crippen LogP contribution in [-0.2, 0) is 0 Å². The third-order valence-electron chi connectivity index (χ3n) is 4.64. The molecule has 1 aliphatic heterocycles. The number of anilines is 1. The highest BCUT2D eigenvalue weighted by atomic mass is 16.5. The highest BCUT2D eigenvalue weighted by Crippen LogP contribution is 2.23. The van der Waals surface area contributed by atoms with Gasteiger partial charge in [-0.05, 0) is 30.9 Å². The summed E-state index contributed by atoms with van der Waals surface area (Å²) in [7, 11) is 1.61. The van der Waals surface area contributed by atoms with Crippen LogP contribution in [0.1, 0.15) is 25.8 Å². The van der Waals surface area contributed by atoms with Gasteiger partial charge < -0.3 is 20.1 Å². The lowest BCUT2D eigenvalue weighted by molar-refractivity contribution is 0.0689. The summed E-state index contributed by atoms with van der Waals surface area (Å²) < 4.78 is 5.24. The Bertz CT molecular complexity index is 577. The zero-order valence-corrected chi connectivity index (χ0v) is 15.8. The number of aliphatic hydroxyl groups is 1. The number of piperazine rings is 1. The van der Waals surface area contributed by atoms with E-state index in [0.717, 1.165) is 30.1 Å². The fourth-order valence-corrected chi connectivity index (χ4v) is 3.27. The van der Waals surface area contributed by atoms with Crippen molar-refractivity contribution in [3.05, 3.63) is 23.8 Å². The number of hydrogen-bond acceptors (Lipinski definition) is 4. The van der Waals surface area contributed by atoms with Crippen LogP contribution in [0.3, 0.4) is 0 Å². The summed E-state index contributed by atoms with van der Waals surface area (Å²) in [5.74, 6) is 1.29. The molecule has 1 saturated heterocycles. The molecule has 6 heteroatoms. The predicted octanol–water partition coefficient (Wildman–Crippen LogP) is 2.56. The van der Waals surface area contributed by atoms with Gasteiger partial charge in [0.1, 0.15) is 5.75 Å². The Morgan fingerprint density at radius 3 is 2.80 bits per heavy atom. The lowest BCUT2D eigenvalue weighted by Gasteiger charge is -2.42. The molecule has 0 spiro atoms. The topological polar surface area (TPSA) is 65.0 Å². The third-order valence-corrected chi connectivity index (χ3v) is 4.64. The summed E-state index contributed by atoms with van der Waals surface area (Å²) in [5, 5.41) is 12.4. The molecule has 0 bridgehead atoms. The number of nitrogens with one attached hydrogen (secondary N) is 1. The van der Waals surface area contributed by atoms with Crippen molar-refractivity contribution in [3.63, 3.8) is 0 Å². The first-order valence-electron chi connectivity index (χ1n) is 9.00. The zero-order valence-electron chi connectivity index (χ0n) is 15.8. The summed E-state index contributed by atoms with van der Waals surface area (Å²) in [6.07, 6.45) is 0.689. The fourth-order valence-electron chi connectivity index (χ4n) is 3.27. The molecule has 1 atom stereocenters. The summed E-state index contributed by atoms with van der Waals surface area (Å²) in [5.41, 5.74) is 1.77. The van der Waals surface area contributed by atoms with Crippen LogP contribution in [0.25, 0.3) is 0 Å². The van der Waals surface area contributed by atoms with Gasteiger partial charge in [-0.15, -0.1) is 0 Å². The Hall–Kier alpha value is -1.79. The van der Waals surface area contributed by atoms with Crippen LogP contribution in [-0.4, -0.2) is 66.9 Å². The molecule has 0 saturated carbocycles. The van der Waals surface area contributed by atoms with E-state index < -0.39 is 0 Å². The van der Waals surface area contributed by atoms with E-state index in [1.165, 1.54) is 0 Å². The summed E-state index contributed by atoms with van der Waals surface area (Å²) in [6, 6.07) is 5.77. The molecule has 1 aromatic carbocycles. The quantitative estimate of drug-likeness (QED) is 0.828. The van der Waals surface area contributed by atoms with E-state index in [2.05, 4.69) is 24.1 Å². The van der Waals surface area contributed by atoms with E-state index in [9.17, 15) is 9.90 Å². The first-order chi connectivity index (χ1) is 11.9. The maximum absolute atomic E-state index is 12.7. The van der Waals surface area contributed by atoms with Crippen LogP contribution in [0.2, 0.25) is 0 Å². The molecule has 0 aliphatic carbocycles. The number of benzene rings is 1. The Kier molecular flexibility index (Phi) is 7.08. The number of amides is 2. The van der Waals surface area contributed by atoms with Crippen LogP contribution in [0.5, 0.6) is 5.75 Å². The molecule has 140 valence electrons. The maximum Gasteiger partial charge on any atom is 0.321 e. The third kappa shape index (κ3) is 5.34. The zero-order chi connectivity index (χ0) is 18.4. The molecule has 25 heavy (non-hydrogen) atoms. The van der Waals surface area contributed by atoms with Crippen LogP contribution >= 0.6 is 0 Å². The van der Waals surface area contributed by atoms with E-state index in [1.807, 2.05) is 30.0 Å². The van der Waals surface area contributed by atoms with Gasteiger partial charge in [0, 0.05) is 50.6 Å². The van der Waals surface area contributed by atoms with Crippen molar-refractivity contribution in [1.29, 1.82) is 0 Å². The molecular formula is C19H31N3O3. The average molecular weight is 349 g/mol. The van der Waals surface area contributed by atoms with Crippen molar-refractivity contribution in [2.75, 3.05) is 45.2 Å². The number of hydrogen-bond donors (Lipinski definition) is 2. The van der Waals surface area contributed by atoms with Gasteiger partial charge in [-0.2, -0.15) is 0 Å². The van der Waals surface area contributed by atoms with E-state index in [1.54, 1.807) is 7.11 Å². The number of carbonyl (C=O) groups excluding carboxylic acids is 1. The van der Waals surface area contributed by atoms with Gasteiger partial charge in [0.05, 0.1) is 7.11 Å². The minimum Gasteiger partial charge on any atom is -0.497 e. The van der Waals surface area contributed by atoms with Gasteiger partial charge in [-0.1, -0.05) is 19.9 Å². The molecule has 1 fully saturated rings. The lowest BCUT2D eigenvalue weighted by Crippen LogP contribution is -2.56. The highest BCUT2D eigenvalue weighted by Gasteiger charge is 2.29. The van der Waals surface area contributed by atoms with E-state index >= 15 is 0 Å². The summed E-state index contributed by atoms with van der Waals surface area (Å²) in [6.45, 7) is 9.67. The Morgan fingerprint density at radius 2 is 2.16 bits per heavy atom. The molecule has 0 aromatic heterocycles. The van der Waals surface area contributed by atoms with Crippen LogP contribution < -0.4 is 10.1 Å². The molecule has 0 unspecified atom stereocenters. The standard InChI is InChI=1S/C19H31N3O3/c1-14(2)12-21-8-9-22(13-16(21)7-10-23)19(24)20-18-11-17(25-4)6-5-15(18)3/h5-6,11,14,16,23H,7-10,12-13H2,1-4H3,(H,20,24)/t16-/m0/s1. The molecule has 1 heterocycles. The number of aliphatic hydroxyl groups excluding tert-OH is 1. The number of aryl methyl sites for hydroxylation is 1. The van der Waals surface area contributed by atoms with E-state index in [-0.39, 0.29) is 18.7 Å². The second-order valence-corrected chi connectivity index (χ2v) is 7.11. The molecule has 1 aromatic rings. The van der Waals surface area contributed by atoms with Crippen molar-refractivity contribution in [2.24, 2.45) is 5.92 Å². The number of urea groups is 1. The van der Waals surface area contributed by atoms with Crippen molar-refractivity contribution < 1.29 is 14.6 Å². The maximum atomic E-state index is 12.7. The van der Waals surface area contributed by atoms with Gasteiger partial charge in [-0.3, -0.25) is 4.90 Å². The van der Waals surface area contributed by atoms with Crippen molar-refractivity contribution in [1.82, 2.24) is 9.80 Å². The highest BCUT2D eigenvalue weighted by molar-refractivity contribution is 5.90. The Balaban J connectivity index is 2.02. The minimum atomic E-state index is -0.0940. The molecule has 2 N–H and O–H groups in total. The van der Waals surface area contributed by atoms with Gasteiger partial charge in [-0.25, -0.2) is 4.79 Å². The molecule has 0 radical (unpaired) electrons. The average Bonchev–Trinajstić information content (AvgIpc) is 2.58. The summed E-state index contributed by atoms with van der Waals surface area (Å²) >= 11 is 0. The minimum absolute atomic E-state index is 0.0940. The number of rotatable bonds is 6. The van der Waals surface area contributed by atoms with Crippen LogP contribution in [0, 0.1) is 12.8 Å². The first-order valence-corrected chi connectivity index (χ1v) is 9.00. The SMILES string of the molecule is COc1ccc(C)c(NC(=O)N2CCN(CC(C)C)[C@@H](CCO)C2)c1. The molecule has 2 rings (SSSR count). The van der Waals surface area contributed by atoms with E-state index in [0.29, 0.717) is 25.4 Å². The summed E-state index contributed by atoms with van der Waals surface area (Å²) in [4.78, 5) is 16.9. The largest absolute Gasteiger partial charge is 0.497 e. The number of nitrogens with zero attached hydrogens (tertiary/aromatic N) is 2. The van der Waals surface area contributed by atoms with Crippen molar-refractivity contribution in [3.8, 4) is 5.75 Å². The smallest absolute Gasteiger partial charge is 0.321 e. The van der Waals surface area contributed by atoms with Crippen molar-refractivity contribution >= 4 is 11.7 Å².